The van der Waals surface area contributed by atoms with Crippen LogP contribution in [0.4, 0.5) is 0 Å². The second-order valence-electron chi connectivity index (χ2n) is 7.95. The highest BCUT2D eigenvalue weighted by atomic mass is 16.3. The van der Waals surface area contributed by atoms with Crippen LogP contribution in [0.2, 0.25) is 0 Å². The number of aliphatic hydroxyl groups excluding tert-OH is 1. The van der Waals surface area contributed by atoms with E-state index < -0.39 is 0 Å². The number of hydrogen-bond acceptors (Lipinski definition) is 4. The van der Waals surface area contributed by atoms with Gasteiger partial charge in [0.25, 0.3) is 0 Å². The first-order chi connectivity index (χ1) is 14.2. The summed E-state index contributed by atoms with van der Waals surface area (Å²) in [6.07, 6.45) is 5.63. The van der Waals surface area contributed by atoms with Crippen molar-refractivity contribution < 1.29 is 5.11 Å². The lowest BCUT2D eigenvalue weighted by Crippen LogP contribution is -2.35. The molecule has 0 amide bonds. The normalized spacial score (nSPS) is 16.8. The summed E-state index contributed by atoms with van der Waals surface area (Å²) >= 11 is 0. The summed E-state index contributed by atoms with van der Waals surface area (Å²) in [5, 5.41) is 17.9. The summed E-state index contributed by atoms with van der Waals surface area (Å²) in [5.41, 5.74) is 5.09. The molecule has 2 heterocycles. The average Bonchev–Trinajstić information content (AvgIpc) is 3.18. The molecule has 1 aliphatic heterocycles. The summed E-state index contributed by atoms with van der Waals surface area (Å²) in [5.74, 6) is 0. The third-order valence-corrected chi connectivity index (χ3v) is 5.76. The predicted molar refractivity (Wildman–Crippen MR) is 115 cm³/mol. The number of aliphatic hydroxyl groups is 1. The minimum atomic E-state index is -0.130. The van der Waals surface area contributed by atoms with Gasteiger partial charge >= 0.3 is 0 Å². The van der Waals surface area contributed by atoms with Gasteiger partial charge in [-0.3, -0.25) is 9.58 Å². The molecule has 1 saturated heterocycles. The van der Waals surface area contributed by atoms with Crippen LogP contribution in [0.5, 0.6) is 0 Å². The largest absolute Gasteiger partial charge is 0.393 e. The number of nitrogens with zero attached hydrogens (tertiary/aromatic N) is 3. The van der Waals surface area contributed by atoms with Crippen LogP contribution in [0.15, 0.2) is 67.0 Å². The Morgan fingerprint density at radius 2 is 1.69 bits per heavy atom. The van der Waals surface area contributed by atoms with Crippen molar-refractivity contribution in [2.45, 2.75) is 38.1 Å². The molecular formula is C24H30N4O. The number of aromatic nitrogens is 2. The van der Waals surface area contributed by atoms with Crippen LogP contribution in [0.25, 0.3) is 0 Å². The SMILES string of the molecule is Cn1cc([C@@H](NCc2ccccc2CN2CCC(O)CC2)c2ccccc2)cn1. The van der Waals surface area contributed by atoms with Gasteiger partial charge in [-0.2, -0.15) is 5.10 Å². The Bertz CT molecular complexity index is 900. The van der Waals surface area contributed by atoms with Gasteiger partial charge in [0.1, 0.15) is 0 Å². The van der Waals surface area contributed by atoms with Crippen LogP contribution in [-0.2, 0) is 20.1 Å². The summed E-state index contributed by atoms with van der Waals surface area (Å²) in [7, 11) is 1.95. The van der Waals surface area contributed by atoms with E-state index in [4.69, 9.17) is 0 Å². The number of hydrogen-bond donors (Lipinski definition) is 2. The van der Waals surface area contributed by atoms with Crippen molar-refractivity contribution in [2.24, 2.45) is 7.05 Å². The van der Waals surface area contributed by atoms with Crippen molar-refractivity contribution >= 4 is 0 Å². The molecule has 152 valence electrons. The molecule has 0 bridgehead atoms. The van der Waals surface area contributed by atoms with Crippen molar-refractivity contribution in [3.05, 3.63) is 89.2 Å². The van der Waals surface area contributed by atoms with Crippen molar-refractivity contribution in [3.63, 3.8) is 0 Å². The van der Waals surface area contributed by atoms with E-state index in [-0.39, 0.29) is 12.1 Å². The molecule has 4 rings (SSSR count). The van der Waals surface area contributed by atoms with Gasteiger partial charge < -0.3 is 10.4 Å². The second-order valence-corrected chi connectivity index (χ2v) is 7.95. The minimum Gasteiger partial charge on any atom is -0.393 e. The van der Waals surface area contributed by atoms with E-state index in [1.807, 2.05) is 17.9 Å². The Morgan fingerprint density at radius 3 is 2.38 bits per heavy atom. The summed E-state index contributed by atoms with van der Waals surface area (Å²) < 4.78 is 1.85. The van der Waals surface area contributed by atoms with E-state index in [2.05, 4.69) is 76.1 Å². The first-order valence-electron chi connectivity index (χ1n) is 10.4. The topological polar surface area (TPSA) is 53.3 Å². The Morgan fingerprint density at radius 1 is 1.00 bits per heavy atom. The zero-order chi connectivity index (χ0) is 20.1. The van der Waals surface area contributed by atoms with Crippen molar-refractivity contribution in [1.29, 1.82) is 0 Å². The predicted octanol–water partition coefficient (Wildman–Crippen LogP) is 3.26. The van der Waals surface area contributed by atoms with Gasteiger partial charge in [0.15, 0.2) is 0 Å². The summed E-state index contributed by atoms with van der Waals surface area (Å²) in [6.45, 7) is 3.66. The lowest BCUT2D eigenvalue weighted by molar-refractivity contribution is 0.0791. The Hall–Kier alpha value is -2.47. The molecule has 0 spiro atoms. The van der Waals surface area contributed by atoms with Crippen LogP contribution >= 0.6 is 0 Å². The number of likely N-dealkylation sites (tertiary alicyclic amines) is 1. The molecular weight excluding hydrogens is 360 g/mol. The molecule has 5 nitrogen and oxygen atoms in total. The van der Waals surface area contributed by atoms with Gasteiger partial charge in [0.05, 0.1) is 18.3 Å². The fraction of sp³-hybridized carbons (Fsp3) is 0.375. The third kappa shape index (κ3) is 5.12. The lowest BCUT2D eigenvalue weighted by Gasteiger charge is -2.30. The molecule has 0 radical (unpaired) electrons. The number of piperidine rings is 1. The molecule has 1 aliphatic rings. The highest BCUT2D eigenvalue weighted by molar-refractivity contribution is 5.31. The van der Waals surface area contributed by atoms with Crippen LogP contribution < -0.4 is 5.32 Å². The molecule has 5 heteroatoms. The first-order valence-corrected chi connectivity index (χ1v) is 10.4. The Kier molecular flexibility index (Phi) is 6.39. The standard InChI is InChI=1S/C24H30N4O/c1-27-17-22(16-26-27)24(19-7-3-2-4-8-19)25-15-20-9-5-6-10-21(20)18-28-13-11-23(29)12-14-28/h2-10,16-17,23-25,29H,11-15,18H2,1H3/t24-/m0/s1. The molecule has 1 fully saturated rings. The molecule has 0 unspecified atom stereocenters. The monoisotopic (exact) mass is 390 g/mol. The van der Waals surface area contributed by atoms with Crippen LogP contribution in [-0.4, -0.2) is 39.0 Å². The molecule has 1 aromatic heterocycles. The summed E-state index contributed by atoms with van der Waals surface area (Å²) in [4.78, 5) is 2.45. The second kappa shape index (κ2) is 9.35. The van der Waals surface area contributed by atoms with E-state index in [1.165, 1.54) is 22.3 Å². The van der Waals surface area contributed by atoms with E-state index in [1.54, 1.807) is 0 Å². The van der Waals surface area contributed by atoms with Gasteiger partial charge in [0, 0.05) is 45.0 Å². The molecule has 2 N–H and O–H groups in total. The van der Waals surface area contributed by atoms with Gasteiger partial charge in [-0.1, -0.05) is 54.6 Å². The summed E-state index contributed by atoms with van der Waals surface area (Å²) in [6, 6.07) is 19.3. The molecule has 1 atom stereocenters. The lowest BCUT2D eigenvalue weighted by atomic mass is 10.00. The first kappa shape index (κ1) is 19.8. The van der Waals surface area contributed by atoms with E-state index >= 15 is 0 Å². The van der Waals surface area contributed by atoms with Crippen molar-refractivity contribution in [3.8, 4) is 0 Å². The molecule has 0 saturated carbocycles. The van der Waals surface area contributed by atoms with E-state index in [0.29, 0.717) is 0 Å². The zero-order valence-corrected chi connectivity index (χ0v) is 17.0. The quantitative estimate of drug-likeness (QED) is 0.650. The van der Waals surface area contributed by atoms with E-state index in [9.17, 15) is 5.11 Å². The van der Waals surface area contributed by atoms with E-state index in [0.717, 1.165) is 39.0 Å². The highest BCUT2D eigenvalue weighted by Gasteiger charge is 2.19. The average molecular weight is 391 g/mol. The molecule has 2 aromatic carbocycles. The third-order valence-electron chi connectivity index (χ3n) is 5.76. The van der Waals surface area contributed by atoms with Crippen LogP contribution in [0.1, 0.15) is 41.1 Å². The number of benzene rings is 2. The molecule has 0 aliphatic carbocycles. The fourth-order valence-electron chi connectivity index (χ4n) is 4.08. The number of aryl methyl sites for hydroxylation is 1. The van der Waals surface area contributed by atoms with Crippen molar-refractivity contribution in [2.75, 3.05) is 13.1 Å². The maximum atomic E-state index is 9.77. The van der Waals surface area contributed by atoms with Crippen LogP contribution in [0.3, 0.4) is 0 Å². The minimum absolute atomic E-state index is 0.100. The fourth-order valence-corrected chi connectivity index (χ4v) is 4.08. The molecule has 29 heavy (non-hydrogen) atoms. The zero-order valence-electron chi connectivity index (χ0n) is 17.0. The highest BCUT2D eigenvalue weighted by Crippen LogP contribution is 2.23. The Labute approximate surface area is 173 Å². The van der Waals surface area contributed by atoms with Gasteiger partial charge in [0.2, 0.25) is 0 Å². The van der Waals surface area contributed by atoms with Crippen LogP contribution in [0, 0.1) is 0 Å². The van der Waals surface area contributed by atoms with Crippen molar-refractivity contribution in [1.82, 2.24) is 20.0 Å². The smallest absolute Gasteiger partial charge is 0.0610 e. The van der Waals surface area contributed by atoms with Gasteiger partial charge in [-0.15, -0.1) is 0 Å². The maximum absolute atomic E-state index is 9.77. The number of rotatable bonds is 7. The number of nitrogens with one attached hydrogen (secondary N) is 1. The Balaban J connectivity index is 1.49. The van der Waals surface area contributed by atoms with Gasteiger partial charge in [-0.25, -0.2) is 0 Å². The van der Waals surface area contributed by atoms with Gasteiger partial charge in [-0.05, 0) is 29.5 Å². The molecule has 3 aromatic rings. The maximum Gasteiger partial charge on any atom is 0.0610 e.